The van der Waals surface area contributed by atoms with Gasteiger partial charge in [-0.05, 0) is 35.2 Å². The van der Waals surface area contributed by atoms with Crippen molar-refractivity contribution in [2.24, 2.45) is 0 Å². The molecule has 2 aromatic carbocycles. The van der Waals surface area contributed by atoms with Crippen LogP contribution in [0.3, 0.4) is 0 Å². The van der Waals surface area contributed by atoms with Gasteiger partial charge < -0.3 is 10.1 Å². The fraction of sp³-hybridized carbons (Fsp3) is 0.150. The zero-order valence-corrected chi connectivity index (χ0v) is 16.3. The predicted molar refractivity (Wildman–Crippen MR) is 106 cm³/mol. The smallest absolute Gasteiger partial charge is 0.251 e. The zero-order chi connectivity index (χ0) is 19.3. The number of benzene rings is 2. The number of ether oxygens (including phenoxy) is 1. The summed E-state index contributed by atoms with van der Waals surface area (Å²) >= 11 is 1.17. The van der Waals surface area contributed by atoms with Gasteiger partial charge in [0.2, 0.25) is 0 Å². The fourth-order valence-corrected chi connectivity index (χ4v) is 5.56. The highest BCUT2D eigenvalue weighted by molar-refractivity contribution is 7.93. The molecule has 7 heteroatoms. The largest absolute Gasteiger partial charge is 0.497 e. The molecule has 140 valence electrons. The maximum atomic E-state index is 13.1. The summed E-state index contributed by atoms with van der Waals surface area (Å²) in [6, 6.07) is 18.9. The average Bonchev–Trinajstić information content (AvgIpc) is 3.24. The Morgan fingerprint density at radius 1 is 1.07 bits per heavy atom. The summed E-state index contributed by atoms with van der Waals surface area (Å²) in [6.45, 7) is -0.0275. The standard InChI is InChI=1S/C20H19NO4S2/c1-25-17-10-5-9-16(13-17)20(22)21-14-18(15-7-3-2-4-8-15)27(23,24)19-11-6-12-26-19/h2-13,18H,14H2,1H3,(H,21,22)/t18-/m1/s1. The quantitative estimate of drug-likeness (QED) is 0.655. The third-order valence-corrected chi connectivity index (χ3v) is 7.63. The number of sulfone groups is 1. The summed E-state index contributed by atoms with van der Waals surface area (Å²) in [5.74, 6) is 0.213. The molecule has 5 nitrogen and oxygen atoms in total. The lowest BCUT2D eigenvalue weighted by atomic mass is 10.1. The molecular weight excluding hydrogens is 382 g/mol. The second-order valence-electron chi connectivity index (χ2n) is 5.82. The van der Waals surface area contributed by atoms with E-state index in [0.717, 1.165) is 0 Å². The van der Waals surface area contributed by atoms with Crippen LogP contribution in [0.4, 0.5) is 0 Å². The van der Waals surface area contributed by atoms with Gasteiger partial charge in [-0.25, -0.2) is 8.42 Å². The zero-order valence-electron chi connectivity index (χ0n) is 14.7. The van der Waals surface area contributed by atoms with Gasteiger partial charge in [0.15, 0.2) is 9.84 Å². The predicted octanol–water partition coefficient (Wildman–Crippen LogP) is 3.70. The molecule has 0 aliphatic heterocycles. The van der Waals surface area contributed by atoms with Crippen LogP contribution in [0.1, 0.15) is 21.2 Å². The second-order valence-corrected chi connectivity index (χ2v) is 9.12. The number of rotatable bonds is 7. The van der Waals surface area contributed by atoms with Crippen molar-refractivity contribution in [2.75, 3.05) is 13.7 Å². The van der Waals surface area contributed by atoms with Crippen molar-refractivity contribution in [1.29, 1.82) is 0 Å². The number of carbonyl (C=O) groups excluding carboxylic acids is 1. The Bertz CT molecular complexity index is 999. The Morgan fingerprint density at radius 2 is 1.85 bits per heavy atom. The van der Waals surface area contributed by atoms with Crippen molar-refractivity contribution in [2.45, 2.75) is 9.46 Å². The number of thiophene rings is 1. The van der Waals surface area contributed by atoms with E-state index < -0.39 is 15.1 Å². The normalized spacial score (nSPS) is 12.3. The van der Waals surface area contributed by atoms with Gasteiger partial charge in [0.1, 0.15) is 15.2 Å². The number of methoxy groups -OCH3 is 1. The molecule has 0 fully saturated rings. The Morgan fingerprint density at radius 3 is 2.52 bits per heavy atom. The molecule has 3 rings (SSSR count). The van der Waals surface area contributed by atoms with Gasteiger partial charge in [0, 0.05) is 12.1 Å². The number of hydrogen-bond acceptors (Lipinski definition) is 5. The molecule has 0 unspecified atom stereocenters. The lowest BCUT2D eigenvalue weighted by Crippen LogP contribution is -2.31. The molecule has 0 spiro atoms. The highest BCUT2D eigenvalue weighted by Gasteiger charge is 2.30. The minimum Gasteiger partial charge on any atom is -0.497 e. The highest BCUT2D eigenvalue weighted by atomic mass is 32.2. The first-order valence-corrected chi connectivity index (χ1v) is 10.7. The Hall–Kier alpha value is -2.64. The molecule has 3 aromatic rings. The first kappa shape index (κ1) is 19.1. The van der Waals surface area contributed by atoms with Crippen molar-refractivity contribution in [3.05, 3.63) is 83.2 Å². The summed E-state index contributed by atoms with van der Waals surface area (Å²) in [7, 11) is -2.10. The third-order valence-electron chi connectivity index (χ3n) is 4.10. The molecule has 27 heavy (non-hydrogen) atoms. The molecule has 1 N–H and O–H groups in total. The van der Waals surface area contributed by atoms with Crippen molar-refractivity contribution in [1.82, 2.24) is 5.32 Å². The maximum absolute atomic E-state index is 13.1. The van der Waals surface area contributed by atoms with Crippen molar-refractivity contribution < 1.29 is 17.9 Å². The van der Waals surface area contributed by atoms with E-state index in [-0.39, 0.29) is 16.7 Å². The summed E-state index contributed by atoms with van der Waals surface area (Å²) < 4.78 is 31.6. The molecule has 1 aromatic heterocycles. The van der Waals surface area contributed by atoms with Crippen LogP contribution < -0.4 is 10.1 Å². The maximum Gasteiger partial charge on any atom is 0.251 e. The van der Waals surface area contributed by atoms with Crippen LogP contribution in [0.25, 0.3) is 0 Å². The number of nitrogens with one attached hydrogen (secondary N) is 1. The molecule has 0 bridgehead atoms. The molecule has 1 heterocycles. The van der Waals surface area contributed by atoms with Gasteiger partial charge >= 0.3 is 0 Å². The van der Waals surface area contributed by atoms with Crippen LogP contribution in [0, 0.1) is 0 Å². The lowest BCUT2D eigenvalue weighted by molar-refractivity contribution is 0.0953. The molecule has 0 radical (unpaired) electrons. The van der Waals surface area contributed by atoms with E-state index in [9.17, 15) is 13.2 Å². The van der Waals surface area contributed by atoms with Gasteiger partial charge in [0.05, 0.1) is 7.11 Å². The molecule has 1 atom stereocenters. The fourth-order valence-electron chi connectivity index (χ4n) is 2.69. The van der Waals surface area contributed by atoms with Crippen LogP contribution in [-0.4, -0.2) is 28.0 Å². The Balaban J connectivity index is 1.85. The minimum absolute atomic E-state index is 0.0275. The molecule has 1 amide bonds. The summed E-state index contributed by atoms with van der Waals surface area (Å²) in [6.07, 6.45) is 0. The third kappa shape index (κ3) is 4.37. The van der Waals surface area contributed by atoms with Crippen LogP contribution in [0.2, 0.25) is 0 Å². The van der Waals surface area contributed by atoms with Crippen molar-refractivity contribution >= 4 is 27.1 Å². The van der Waals surface area contributed by atoms with E-state index in [0.29, 0.717) is 16.9 Å². The summed E-state index contributed by atoms with van der Waals surface area (Å²) in [5, 5.41) is 3.61. The van der Waals surface area contributed by atoms with Crippen LogP contribution >= 0.6 is 11.3 Å². The van der Waals surface area contributed by atoms with Gasteiger partial charge in [-0.1, -0.05) is 42.5 Å². The van der Waals surface area contributed by atoms with Crippen molar-refractivity contribution in [3.8, 4) is 5.75 Å². The van der Waals surface area contributed by atoms with Crippen LogP contribution in [-0.2, 0) is 9.84 Å². The van der Waals surface area contributed by atoms with E-state index >= 15 is 0 Å². The molecule has 0 saturated heterocycles. The topological polar surface area (TPSA) is 72.5 Å². The monoisotopic (exact) mass is 401 g/mol. The second kappa shape index (κ2) is 8.37. The SMILES string of the molecule is COc1cccc(C(=O)NC[C@H](c2ccccc2)S(=O)(=O)c2cccs2)c1. The van der Waals surface area contributed by atoms with Crippen LogP contribution in [0.15, 0.2) is 76.3 Å². The van der Waals surface area contributed by atoms with Crippen LogP contribution in [0.5, 0.6) is 5.75 Å². The number of carbonyl (C=O) groups is 1. The molecule has 0 saturated carbocycles. The van der Waals surface area contributed by atoms with Gasteiger partial charge in [0.25, 0.3) is 5.91 Å². The minimum atomic E-state index is -3.62. The van der Waals surface area contributed by atoms with Gasteiger partial charge in [-0.3, -0.25) is 4.79 Å². The van der Waals surface area contributed by atoms with E-state index in [4.69, 9.17) is 4.74 Å². The highest BCUT2D eigenvalue weighted by Crippen LogP contribution is 2.31. The number of hydrogen-bond donors (Lipinski definition) is 1. The van der Waals surface area contributed by atoms with E-state index in [1.807, 2.05) is 6.07 Å². The van der Waals surface area contributed by atoms with E-state index in [1.165, 1.54) is 18.4 Å². The lowest BCUT2D eigenvalue weighted by Gasteiger charge is -2.18. The average molecular weight is 402 g/mol. The first-order valence-electron chi connectivity index (χ1n) is 8.27. The summed E-state index contributed by atoms with van der Waals surface area (Å²) in [5.41, 5.74) is 1.05. The molecule has 0 aliphatic rings. The van der Waals surface area contributed by atoms with E-state index in [1.54, 1.807) is 66.0 Å². The summed E-state index contributed by atoms with van der Waals surface area (Å²) in [4.78, 5) is 12.5. The number of amides is 1. The Labute approximate surface area is 162 Å². The Kier molecular flexibility index (Phi) is 5.93. The van der Waals surface area contributed by atoms with Crippen molar-refractivity contribution in [3.63, 3.8) is 0 Å². The van der Waals surface area contributed by atoms with Gasteiger partial charge in [-0.15, -0.1) is 11.3 Å². The van der Waals surface area contributed by atoms with Gasteiger partial charge in [-0.2, -0.15) is 0 Å². The molecule has 0 aliphatic carbocycles. The molecular formula is C20H19NO4S2. The van der Waals surface area contributed by atoms with E-state index in [2.05, 4.69) is 5.32 Å². The first-order chi connectivity index (χ1) is 13.0.